The number of hydrogen-bond donors (Lipinski definition) is 3. The van der Waals surface area contributed by atoms with Gasteiger partial charge in [0.25, 0.3) is 0 Å². The Hall–Kier alpha value is -1.66. The largest absolute Gasteiger partial charge is 0.394 e. The molecule has 6 heteroatoms. The molecule has 1 aromatic heterocycles. The van der Waals surface area contributed by atoms with Gasteiger partial charge in [0.1, 0.15) is 11.7 Å². The number of aromatic nitrogens is 1. The number of morpholine rings is 1. The number of pyridine rings is 1. The molecule has 0 bridgehead atoms. The minimum atomic E-state index is -0.208. The molecule has 1 aliphatic heterocycles. The summed E-state index contributed by atoms with van der Waals surface area (Å²) in [5.41, 5.74) is 7.08. The van der Waals surface area contributed by atoms with Crippen molar-refractivity contribution in [1.82, 2.24) is 4.98 Å². The van der Waals surface area contributed by atoms with Crippen LogP contribution in [0.25, 0.3) is 0 Å². The van der Waals surface area contributed by atoms with Crippen LogP contribution in [0.2, 0.25) is 0 Å². The van der Waals surface area contributed by atoms with Gasteiger partial charge in [-0.3, -0.25) is 5.41 Å². The standard InChI is InChI=1S/C12H18N4O2/c1-8-2-3-10(11(13)14)12(15-8)16-4-5-18-9(6-16)7-17/h2-3,9,17H,4-7H2,1H3,(H3,13,14). The topological polar surface area (TPSA) is 95.5 Å². The van der Waals surface area contributed by atoms with Gasteiger partial charge in [-0.25, -0.2) is 4.98 Å². The highest BCUT2D eigenvalue weighted by Gasteiger charge is 2.23. The zero-order chi connectivity index (χ0) is 13.1. The van der Waals surface area contributed by atoms with E-state index in [-0.39, 0.29) is 18.5 Å². The average molecular weight is 250 g/mol. The number of nitrogens with zero attached hydrogens (tertiary/aromatic N) is 2. The quantitative estimate of drug-likeness (QED) is 0.513. The first kappa shape index (κ1) is 12.8. The summed E-state index contributed by atoms with van der Waals surface area (Å²) in [5, 5.41) is 16.7. The van der Waals surface area contributed by atoms with Crippen molar-refractivity contribution in [2.24, 2.45) is 5.73 Å². The van der Waals surface area contributed by atoms with Crippen molar-refractivity contribution in [3.05, 3.63) is 23.4 Å². The van der Waals surface area contributed by atoms with Gasteiger partial charge in [0.15, 0.2) is 0 Å². The van der Waals surface area contributed by atoms with Crippen molar-refractivity contribution in [2.45, 2.75) is 13.0 Å². The van der Waals surface area contributed by atoms with Crippen molar-refractivity contribution >= 4 is 11.7 Å². The second-order valence-electron chi connectivity index (χ2n) is 4.36. The van der Waals surface area contributed by atoms with E-state index in [0.29, 0.717) is 31.1 Å². The number of nitrogen functional groups attached to an aromatic ring is 1. The Morgan fingerprint density at radius 1 is 1.67 bits per heavy atom. The maximum Gasteiger partial charge on any atom is 0.140 e. The summed E-state index contributed by atoms with van der Waals surface area (Å²) < 4.78 is 5.41. The highest BCUT2D eigenvalue weighted by Crippen LogP contribution is 2.20. The second kappa shape index (κ2) is 5.32. The van der Waals surface area contributed by atoms with E-state index in [1.165, 1.54) is 0 Å². The second-order valence-corrected chi connectivity index (χ2v) is 4.36. The summed E-state index contributed by atoms with van der Waals surface area (Å²) in [6.45, 7) is 3.67. The molecule has 1 aliphatic rings. The van der Waals surface area contributed by atoms with Gasteiger partial charge >= 0.3 is 0 Å². The molecule has 4 N–H and O–H groups in total. The molecule has 1 unspecified atom stereocenters. The number of ether oxygens (including phenoxy) is 1. The molecule has 2 heterocycles. The van der Waals surface area contributed by atoms with Crippen molar-refractivity contribution in [3.63, 3.8) is 0 Å². The fraction of sp³-hybridized carbons (Fsp3) is 0.500. The summed E-state index contributed by atoms with van der Waals surface area (Å²) in [6.07, 6.45) is -0.208. The molecule has 6 nitrogen and oxygen atoms in total. The lowest BCUT2D eigenvalue weighted by Crippen LogP contribution is -2.45. The van der Waals surface area contributed by atoms with Crippen LogP contribution in [0.3, 0.4) is 0 Å². The highest BCUT2D eigenvalue weighted by atomic mass is 16.5. The van der Waals surface area contributed by atoms with Crippen molar-refractivity contribution in [1.29, 1.82) is 5.41 Å². The van der Waals surface area contributed by atoms with Gasteiger partial charge in [0, 0.05) is 18.8 Å². The summed E-state index contributed by atoms with van der Waals surface area (Å²) in [6, 6.07) is 3.65. The third-order valence-corrected chi connectivity index (χ3v) is 2.95. The first-order valence-corrected chi connectivity index (χ1v) is 5.91. The molecule has 0 radical (unpaired) electrons. The Balaban J connectivity index is 2.31. The minimum Gasteiger partial charge on any atom is -0.394 e. The lowest BCUT2D eigenvalue weighted by molar-refractivity contribution is 0.00335. The molecule has 18 heavy (non-hydrogen) atoms. The summed E-state index contributed by atoms with van der Waals surface area (Å²) in [4.78, 5) is 6.46. The zero-order valence-corrected chi connectivity index (χ0v) is 10.4. The number of rotatable bonds is 3. The van der Waals surface area contributed by atoms with Gasteiger partial charge in [-0.1, -0.05) is 0 Å². The van der Waals surface area contributed by atoms with Crippen LogP contribution in [0.1, 0.15) is 11.3 Å². The molecule has 98 valence electrons. The number of aliphatic hydroxyl groups is 1. The van der Waals surface area contributed by atoms with Gasteiger partial charge in [0.05, 0.1) is 24.9 Å². The predicted octanol–water partition coefficient (Wildman–Crippen LogP) is -0.128. The molecule has 1 saturated heterocycles. The van der Waals surface area contributed by atoms with Gasteiger partial charge in [-0.2, -0.15) is 0 Å². The number of amidine groups is 1. The van der Waals surface area contributed by atoms with Gasteiger partial charge in [-0.15, -0.1) is 0 Å². The monoisotopic (exact) mass is 250 g/mol. The van der Waals surface area contributed by atoms with Gasteiger partial charge in [0.2, 0.25) is 0 Å². The van der Waals surface area contributed by atoms with E-state index in [9.17, 15) is 0 Å². The summed E-state index contributed by atoms with van der Waals surface area (Å²) >= 11 is 0. The maximum atomic E-state index is 9.15. The third kappa shape index (κ3) is 2.60. The molecular weight excluding hydrogens is 232 g/mol. The fourth-order valence-corrected chi connectivity index (χ4v) is 2.02. The maximum absolute atomic E-state index is 9.15. The van der Waals surface area contributed by atoms with Crippen molar-refractivity contribution in [2.75, 3.05) is 31.2 Å². The number of anilines is 1. The van der Waals surface area contributed by atoms with Crippen LogP contribution >= 0.6 is 0 Å². The molecule has 0 aromatic carbocycles. The number of aliphatic hydroxyl groups excluding tert-OH is 1. The predicted molar refractivity (Wildman–Crippen MR) is 69.0 cm³/mol. The van der Waals surface area contributed by atoms with Crippen LogP contribution in [0.4, 0.5) is 5.82 Å². The van der Waals surface area contributed by atoms with Crippen LogP contribution < -0.4 is 10.6 Å². The Morgan fingerprint density at radius 3 is 3.11 bits per heavy atom. The van der Waals surface area contributed by atoms with E-state index in [4.69, 9.17) is 21.0 Å². The Kier molecular flexibility index (Phi) is 3.78. The Morgan fingerprint density at radius 2 is 2.44 bits per heavy atom. The van der Waals surface area contributed by atoms with Gasteiger partial charge < -0.3 is 20.5 Å². The summed E-state index contributed by atoms with van der Waals surface area (Å²) in [5.74, 6) is 0.703. The molecular formula is C12H18N4O2. The van der Waals surface area contributed by atoms with Crippen molar-refractivity contribution < 1.29 is 9.84 Å². The van der Waals surface area contributed by atoms with Gasteiger partial charge in [-0.05, 0) is 19.1 Å². The SMILES string of the molecule is Cc1ccc(C(=N)N)c(N2CCOC(CO)C2)n1. The molecule has 0 amide bonds. The van der Waals surface area contributed by atoms with Crippen LogP contribution in [-0.2, 0) is 4.74 Å². The van der Waals surface area contributed by atoms with E-state index in [1.807, 2.05) is 24.0 Å². The lowest BCUT2D eigenvalue weighted by Gasteiger charge is -2.34. The Labute approximate surface area is 106 Å². The third-order valence-electron chi connectivity index (χ3n) is 2.95. The number of nitrogens with one attached hydrogen (secondary N) is 1. The van der Waals surface area contributed by atoms with Crippen LogP contribution in [-0.4, -0.2) is 48.3 Å². The van der Waals surface area contributed by atoms with Crippen molar-refractivity contribution in [3.8, 4) is 0 Å². The number of aryl methyl sites for hydroxylation is 1. The smallest absolute Gasteiger partial charge is 0.140 e. The van der Waals surface area contributed by atoms with E-state index in [2.05, 4.69) is 4.98 Å². The average Bonchev–Trinajstić information content (AvgIpc) is 2.38. The first-order valence-electron chi connectivity index (χ1n) is 5.91. The van der Waals surface area contributed by atoms with Crippen LogP contribution in [0.15, 0.2) is 12.1 Å². The lowest BCUT2D eigenvalue weighted by atomic mass is 10.2. The molecule has 0 aliphatic carbocycles. The Bertz CT molecular complexity index is 450. The number of nitrogens with two attached hydrogens (primary N) is 1. The van der Waals surface area contributed by atoms with E-state index in [0.717, 1.165) is 5.69 Å². The fourth-order valence-electron chi connectivity index (χ4n) is 2.02. The van der Waals surface area contributed by atoms with Crippen LogP contribution in [0, 0.1) is 12.3 Å². The zero-order valence-electron chi connectivity index (χ0n) is 10.4. The minimum absolute atomic E-state index is 0.00420. The molecule has 0 spiro atoms. The van der Waals surface area contributed by atoms with Crippen LogP contribution in [0.5, 0.6) is 0 Å². The van der Waals surface area contributed by atoms with E-state index >= 15 is 0 Å². The summed E-state index contributed by atoms with van der Waals surface area (Å²) in [7, 11) is 0. The molecule has 2 rings (SSSR count). The molecule has 1 atom stereocenters. The molecule has 1 aromatic rings. The number of hydrogen-bond acceptors (Lipinski definition) is 5. The van der Waals surface area contributed by atoms with E-state index < -0.39 is 0 Å². The molecule has 1 fully saturated rings. The first-order chi connectivity index (χ1) is 8.61. The normalized spacial score (nSPS) is 19.9. The molecule has 0 saturated carbocycles. The van der Waals surface area contributed by atoms with E-state index in [1.54, 1.807) is 0 Å². The highest BCUT2D eigenvalue weighted by molar-refractivity contribution is 5.99.